The van der Waals surface area contributed by atoms with Gasteiger partial charge in [0.05, 0.1) is 12.9 Å². The molecule has 1 atom stereocenters. The number of rotatable bonds is 1. The number of amidine groups is 1. The topological polar surface area (TPSA) is 64.7 Å². The van der Waals surface area contributed by atoms with Gasteiger partial charge in [-0.25, -0.2) is 4.79 Å². The molecule has 68 valence electrons. The molecule has 0 aromatic rings. The standard InChI is InChI=1S/C8H14N2O2/c1-12-8(11)6-4-2-3-5-7(9)10-6/h6H,2-5H2,1H3,(H2,9,10). The Morgan fingerprint density at radius 3 is 3.08 bits per heavy atom. The molecule has 1 aliphatic heterocycles. The highest BCUT2D eigenvalue weighted by molar-refractivity contribution is 5.85. The van der Waals surface area contributed by atoms with Gasteiger partial charge in [0.1, 0.15) is 6.04 Å². The molecule has 1 heterocycles. The minimum Gasteiger partial charge on any atom is -0.467 e. The van der Waals surface area contributed by atoms with E-state index >= 15 is 0 Å². The molecular weight excluding hydrogens is 156 g/mol. The molecule has 0 aliphatic carbocycles. The zero-order chi connectivity index (χ0) is 8.97. The average molecular weight is 170 g/mol. The Labute approximate surface area is 71.8 Å². The molecular formula is C8H14N2O2. The van der Waals surface area contributed by atoms with Gasteiger partial charge in [0.25, 0.3) is 0 Å². The number of esters is 1. The predicted molar refractivity (Wildman–Crippen MR) is 45.9 cm³/mol. The van der Waals surface area contributed by atoms with Gasteiger partial charge in [0, 0.05) is 6.42 Å². The number of hydrogen-bond donors (Lipinski definition) is 1. The summed E-state index contributed by atoms with van der Waals surface area (Å²) < 4.78 is 4.59. The van der Waals surface area contributed by atoms with Crippen molar-refractivity contribution in [2.75, 3.05) is 7.11 Å². The van der Waals surface area contributed by atoms with Crippen LogP contribution in [0.5, 0.6) is 0 Å². The normalized spacial score (nSPS) is 24.1. The number of carbonyl (C=O) groups excluding carboxylic acids is 1. The van der Waals surface area contributed by atoms with Crippen molar-refractivity contribution in [1.29, 1.82) is 0 Å². The van der Waals surface area contributed by atoms with Gasteiger partial charge in [-0.2, -0.15) is 0 Å². The molecule has 0 aromatic heterocycles. The maximum Gasteiger partial charge on any atom is 0.330 e. The molecule has 0 saturated carbocycles. The van der Waals surface area contributed by atoms with Crippen LogP contribution in [0.4, 0.5) is 0 Å². The minimum atomic E-state index is -0.363. The van der Waals surface area contributed by atoms with Crippen molar-refractivity contribution in [2.45, 2.75) is 31.7 Å². The van der Waals surface area contributed by atoms with E-state index < -0.39 is 0 Å². The average Bonchev–Trinajstić information content (AvgIpc) is 2.28. The number of nitrogens with zero attached hydrogens (tertiary/aromatic N) is 1. The molecule has 0 spiro atoms. The first-order valence-corrected chi connectivity index (χ1v) is 4.14. The SMILES string of the molecule is COC(=O)C1CCCCC(N)=N1. The molecule has 4 nitrogen and oxygen atoms in total. The second-order valence-electron chi connectivity index (χ2n) is 2.91. The van der Waals surface area contributed by atoms with Gasteiger partial charge in [-0.3, -0.25) is 4.99 Å². The fourth-order valence-electron chi connectivity index (χ4n) is 1.28. The smallest absolute Gasteiger partial charge is 0.330 e. The second kappa shape index (κ2) is 4.09. The molecule has 4 heteroatoms. The Kier molecular flexibility index (Phi) is 3.08. The maximum absolute atomic E-state index is 11.1. The molecule has 0 bridgehead atoms. The van der Waals surface area contributed by atoms with Gasteiger partial charge in [-0.05, 0) is 12.8 Å². The van der Waals surface area contributed by atoms with Gasteiger partial charge < -0.3 is 10.5 Å². The highest BCUT2D eigenvalue weighted by atomic mass is 16.5. The Morgan fingerprint density at radius 2 is 2.42 bits per heavy atom. The molecule has 1 unspecified atom stereocenters. The number of nitrogens with two attached hydrogens (primary N) is 1. The van der Waals surface area contributed by atoms with Crippen molar-refractivity contribution in [3.63, 3.8) is 0 Å². The molecule has 0 saturated heterocycles. The fourth-order valence-corrected chi connectivity index (χ4v) is 1.28. The number of aliphatic imine (C=N–C) groups is 1. The largest absolute Gasteiger partial charge is 0.467 e. The van der Waals surface area contributed by atoms with Gasteiger partial charge in [-0.15, -0.1) is 0 Å². The van der Waals surface area contributed by atoms with Gasteiger partial charge >= 0.3 is 5.97 Å². The van der Waals surface area contributed by atoms with E-state index in [1.807, 2.05) is 0 Å². The predicted octanol–water partition coefficient (Wildman–Crippen LogP) is 0.459. The summed E-state index contributed by atoms with van der Waals surface area (Å²) in [6, 6.07) is -0.363. The zero-order valence-electron chi connectivity index (χ0n) is 7.25. The van der Waals surface area contributed by atoms with Gasteiger partial charge in [0.15, 0.2) is 0 Å². The second-order valence-corrected chi connectivity index (χ2v) is 2.91. The maximum atomic E-state index is 11.1. The summed E-state index contributed by atoms with van der Waals surface area (Å²) in [7, 11) is 1.37. The lowest BCUT2D eigenvalue weighted by Crippen LogP contribution is -2.22. The summed E-state index contributed by atoms with van der Waals surface area (Å²) >= 11 is 0. The Morgan fingerprint density at radius 1 is 1.67 bits per heavy atom. The van der Waals surface area contributed by atoms with Crippen LogP contribution in [-0.2, 0) is 9.53 Å². The third kappa shape index (κ3) is 2.22. The van der Waals surface area contributed by atoms with Crippen molar-refractivity contribution >= 4 is 11.8 Å². The van der Waals surface area contributed by atoms with E-state index in [1.54, 1.807) is 0 Å². The van der Waals surface area contributed by atoms with Crippen molar-refractivity contribution in [3.8, 4) is 0 Å². The van der Waals surface area contributed by atoms with Crippen LogP contribution in [0.3, 0.4) is 0 Å². The Bertz CT molecular complexity index is 201. The van der Waals surface area contributed by atoms with E-state index in [2.05, 4.69) is 9.73 Å². The van der Waals surface area contributed by atoms with E-state index in [4.69, 9.17) is 5.73 Å². The van der Waals surface area contributed by atoms with Crippen LogP contribution in [0.15, 0.2) is 4.99 Å². The molecule has 1 aliphatic rings. The van der Waals surface area contributed by atoms with Crippen LogP contribution in [0.2, 0.25) is 0 Å². The Balaban J connectivity index is 2.62. The summed E-state index contributed by atoms with van der Waals surface area (Å²) in [6.07, 6.45) is 3.56. The highest BCUT2D eigenvalue weighted by Gasteiger charge is 2.19. The van der Waals surface area contributed by atoms with Crippen LogP contribution in [0, 0.1) is 0 Å². The zero-order valence-corrected chi connectivity index (χ0v) is 7.25. The first kappa shape index (κ1) is 9.03. The molecule has 0 aromatic carbocycles. The summed E-state index contributed by atoms with van der Waals surface area (Å²) in [5, 5.41) is 0. The number of ether oxygens (including phenoxy) is 1. The Hall–Kier alpha value is -1.06. The number of hydrogen-bond acceptors (Lipinski definition) is 4. The third-order valence-electron chi connectivity index (χ3n) is 1.96. The number of carbonyl (C=O) groups is 1. The van der Waals surface area contributed by atoms with Crippen molar-refractivity contribution in [2.24, 2.45) is 10.7 Å². The van der Waals surface area contributed by atoms with E-state index in [1.165, 1.54) is 7.11 Å². The third-order valence-corrected chi connectivity index (χ3v) is 1.96. The van der Waals surface area contributed by atoms with Crippen molar-refractivity contribution in [1.82, 2.24) is 0 Å². The van der Waals surface area contributed by atoms with Crippen molar-refractivity contribution < 1.29 is 9.53 Å². The summed E-state index contributed by atoms with van der Waals surface area (Å²) in [5.41, 5.74) is 5.56. The highest BCUT2D eigenvalue weighted by Crippen LogP contribution is 2.12. The first-order valence-electron chi connectivity index (χ1n) is 4.14. The van der Waals surface area contributed by atoms with Crippen LogP contribution < -0.4 is 5.73 Å². The van der Waals surface area contributed by atoms with E-state index in [0.29, 0.717) is 5.84 Å². The van der Waals surface area contributed by atoms with E-state index in [-0.39, 0.29) is 12.0 Å². The lowest BCUT2D eigenvalue weighted by Gasteiger charge is -2.06. The fraction of sp³-hybridized carbons (Fsp3) is 0.750. The lowest BCUT2D eigenvalue weighted by atomic mass is 10.1. The summed E-state index contributed by atoms with van der Waals surface area (Å²) in [5.74, 6) is 0.294. The van der Waals surface area contributed by atoms with Crippen molar-refractivity contribution in [3.05, 3.63) is 0 Å². The van der Waals surface area contributed by atoms with Crippen LogP contribution in [0.1, 0.15) is 25.7 Å². The van der Waals surface area contributed by atoms with E-state index in [0.717, 1.165) is 25.7 Å². The van der Waals surface area contributed by atoms with Crippen LogP contribution in [-0.4, -0.2) is 25.0 Å². The van der Waals surface area contributed by atoms with Gasteiger partial charge in [-0.1, -0.05) is 6.42 Å². The van der Waals surface area contributed by atoms with E-state index in [9.17, 15) is 4.79 Å². The summed E-state index contributed by atoms with van der Waals surface area (Å²) in [6.45, 7) is 0. The van der Waals surface area contributed by atoms with Gasteiger partial charge in [0.2, 0.25) is 0 Å². The van der Waals surface area contributed by atoms with Crippen LogP contribution >= 0.6 is 0 Å². The first-order chi connectivity index (χ1) is 5.74. The molecule has 0 radical (unpaired) electrons. The molecule has 0 amide bonds. The number of methoxy groups -OCH3 is 1. The lowest BCUT2D eigenvalue weighted by molar-refractivity contribution is -0.142. The molecule has 2 N–H and O–H groups in total. The quantitative estimate of drug-likeness (QED) is 0.581. The van der Waals surface area contributed by atoms with Crippen LogP contribution in [0.25, 0.3) is 0 Å². The minimum absolute atomic E-state index is 0.278. The molecule has 1 rings (SSSR count). The monoisotopic (exact) mass is 170 g/mol. The summed E-state index contributed by atoms with van der Waals surface area (Å²) in [4.78, 5) is 15.1. The molecule has 0 fully saturated rings. The molecule has 12 heavy (non-hydrogen) atoms.